The monoisotopic (exact) mass is 552 g/mol. The normalized spacial score (nSPS) is 20.2. The number of halogens is 1. The predicted octanol–water partition coefficient (Wildman–Crippen LogP) is 5.80. The van der Waals surface area contributed by atoms with Gasteiger partial charge in [-0.05, 0) is 68.9 Å². The molecule has 6 rings (SSSR count). The Bertz CT molecular complexity index is 1510. The van der Waals surface area contributed by atoms with E-state index >= 15 is 0 Å². The van der Waals surface area contributed by atoms with Crippen molar-refractivity contribution in [3.05, 3.63) is 70.6 Å². The number of fused-ring (bicyclic) bond motifs is 1. The van der Waals surface area contributed by atoms with Crippen LogP contribution in [-0.2, 0) is 14.3 Å². The lowest BCUT2D eigenvalue weighted by atomic mass is 9.81. The van der Waals surface area contributed by atoms with E-state index in [0.717, 1.165) is 63.7 Å². The molecule has 2 aromatic heterocycles. The van der Waals surface area contributed by atoms with Crippen LogP contribution in [0.15, 0.2) is 64.2 Å². The number of aromatic nitrogens is 4. The zero-order chi connectivity index (χ0) is 24.2. The van der Waals surface area contributed by atoms with Crippen molar-refractivity contribution in [3.8, 4) is 11.3 Å². The van der Waals surface area contributed by atoms with E-state index in [-0.39, 0.29) is 23.5 Å². The summed E-state index contributed by atoms with van der Waals surface area (Å²) in [6.45, 7) is 2.12. The molecule has 0 saturated heterocycles. The molecule has 0 atom stereocenters. The molecule has 35 heavy (non-hydrogen) atoms. The molecule has 2 aliphatic rings. The molecule has 180 valence electrons. The molecule has 0 bridgehead atoms. The minimum atomic E-state index is -3.73. The Hall–Kier alpha value is -2.62. The fraction of sp³-hybridized carbons (Fsp3) is 0.346. The van der Waals surface area contributed by atoms with Gasteiger partial charge in [0.2, 0.25) is 0 Å². The topological polar surface area (TPSA) is 87.0 Å². The van der Waals surface area contributed by atoms with E-state index in [1.807, 2.05) is 36.0 Å². The standard InChI is InChI=1S/C26H25BrN4O3S/c1-16-2-7-21(8-3-16)35(32,33)34-15-17-10-20(11-17)31-14-22(26(30-31)18-4-5-18)25-13-28-23-9-6-19(27)12-24(23)29-25/h2-3,6-9,12-14,17-18,20H,4-5,10-11,15H2,1H3/t17-,20-. The molecule has 2 fully saturated rings. The highest BCUT2D eigenvalue weighted by atomic mass is 79.9. The van der Waals surface area contributed by atoms with Crippen molar-refractivity contribution in [2.45, 2.75) is 49.5 Å². The average Bonchev–Trinajstić information content (AvgIpc) is 3.57. The SMILES string of the molecule is Cc1ccc(S(=O)(=O)OC[C@H]2C[C@H](n3cc(-c4cnc5ccc(Br)cc5n4)c(C4CC4)n3)C2)cc1. The van der Waals surface area contributed by atoms with E-state index in [4.69, 9.17) is 14.3 Å². The second kappa shape index (κ2) is 8.80. The van der Waals surface area contributed by atoms with Crippen molar-refractivity contribution in [2.24, 2.45) is 5.92 Å². The Labute approximate surface area is 212 Å². The van der Waals surface area contributed by atoms with Gasteiger partial charge in [-0.2, -0.15) is 13.5 Å². The number of hydrogen-bond donors (Lipinski definition) is 0. The molecule has 0 unspecified atom stereocenters. The van der Waals surface area contributed by atoms with Gasteiger partial charge in [0.25, 0.3) is 10.1 Å². The predicted molar refractivity (Wildman–Crippen MR) is 137 cm³/mol. The van der Waals surface area contributed by atoms with Crippen LogP contribution in [0.5, 0.6) is 0 Å². The molecule has 4 aromatic rings. The first-order chi connectivity index (χ1) is 16.9. The molecule has 2 saturated carbocycles. The Morgan fingerprint density at radius 3 is 2.60 bits per heavy atom. The second-order valence-electron chi connectivity index (χ2n) is 9.61. The highest BCUT2D eigenvalue weighted by Crippen LogP contribution is 2.45. The fourth-order valence-corrected chi connectivity index (χ4v) is 5.90. The zero-order valence-electron chi connectivity index (χ0n) is 19.3. The number of rotatable bonds is 7. The van der Waals surface area contributed by atoms with Crippen LogP contribution in [0, 0.1) is 12.8 Å². The maximum atomic E-state index is 12.5. The third-order valence-electron chi connectivity index (χ3n) is 6.86. The zero-order valence-corrected chi connectivity index (χ0v) is 21.7. The van der Waals surface area contributed by atoms with Gasteiger partial charge in [0.15, 0.2) is 0 Å². The van der Waals surface area contributed by atoms with Crippen molar-refractivity contribution >= 4 is 37.1 Å². The van der Waals surface area contributed by atoms with Gasteiger partial charge in [-0.3, -0.25) is 13.8 Å². The van der Waals surface area contributed by atoms with Crippen LogP contribution in [-0.4, -0.2) is 34.8 Å². The van der Waals surface area contributed by atoms with Crippen molar-refractivity contribution < 1.29 is 12.6 Å². The lowest BCUT2D eigenvalue weighted by Gasteiger charge is -2.34. The molecule has 0 spiro atoms. The van der Waals surface area contributed by atoms with Gasteiger partial charge in [-0.25, -0.2) is 4.98 Å². The Morgan fingerprint density at radius 2 is 1.86 bits per heavy atom. The molecule has 0 amide bonds. The van der Waals surface area contributed by atoms with Crippen LogP contribution in [0.3, 0.4) is 0 Å². The highest BCUT2D eigenvalue weighted by molar-refractivity contribution is 9.10. The number of hydrogen-bond acceptors (Lipinski definition) is 6. The molecule has 0 aliphatic heterocycles. The third kappa shape index (κ3) is 4.64. The number of nitrogens with zero attached hydrogens (tertiary/aromatic N) is 4. The molecule has 0 N–H and O–H groups in total. The second-order valence-corrected chi connectivity index (χ2v) is 12.1. The van der Waals surface area contributed by atoms with Crippen molar-refractivity contribution in [1.29, 1.82) is 0 Å². The van der Waals surface area contributed by atoms with E-state index in [0.29, 0.717) is 5.92 Å². The van der Waals surface area contributed by atoms with Gasteiger partial charge in [0.1, 0.15) is 0 Å². The lowest BCUT2D eigenvalue weighted by molar-refractivity contribution is 0.120. The summed E-state index contributed by atoms with van der Waals surface area (Å²) in [4.78, 5) is 9.67. The summed E-state index contributed by atoms with van der Waals surface area (Å²) in [5.74, 6) is 0.667. The maximum Gasteiger partial charge on any atom is 0.296 e. The molecule has 2 aromatic carbocycles. The van der Waals surface area contributed by atoms with E-state index in [1.54, 1.807) is 24.3 Å². The molecule has 2 heterocycles. The first-order valence-corrected chi connectivity index (χ1v) is 14.0. The van der Waals surface area contributed by atoms with Crippen molar-refractivity contribution in [1.82, 2.24) is 19.7 Å². The highest BCUT2D eigenvalue weighted by Gasteiger charge is 2.36. The summed E-state index contributed by atoms with van der Waals surface area (Å²) in [6, 6.07) is 12.9. The van der Waals surface area contributed by atoms with Crippen LogP contribution in [0.25, 0.3) is 22.3 Å². The first kappa shape index (κ1) is 22.8. The number of benzene rings is 2. The molecule has 9 heteroatoms. The lowest BCUT2D eigenvalue weighted by Crippen LogP contribution is -2.31. The third-order valence-corrected chi connectivity index (χ3v) is 8.65. The maximum absolute atomic E-state index is 12.5. The first-order valence-electron chi connectivity index (χ1n) is 11.8. The number of aryl methyl sites for hydroxylation is 1. The molecule has 7 nitrogen and oxygen atoms in total. The summed E-state index contributed by atoms with van der Waals surface area (Å²) >= 11 is 3.52. The van der Waals surface area contributed by atoms with E-state index < -0.39 is 10.1 Å². The van der Waals surface area contributed by atoms with E-state index in [1.165, 1.54) is 0 Å². The summed E-state index contributed by atoms with van der Waals surface area (Å²) in [5, 5.41) is 4.95. The summed E-state index contributed by atoms with van der Waals surface area (Å²) in [6.07, 6.45) is 7.89. The van der Waals surface area contributed by atoms with Gasteiger partial charge in [0.05, 0.1) is 46.2 Å². The molecular formula is C26H25BrN4O3S. The van der Waals surface area contributed by atoms with Crippen LogP contribution < -0.4 is 0 Å². The summed E-state index contributed by atoms with van der Waals surface area (Å²) in [7, 11) is -3.73. The van der Waals surface area contributed by atoms with Crippen LogP contribution in [0.4, 0.5) is 0 Å². The van der Waals surface area contributed by atoms with Crippen LogP contribution >= 0.6 is 15.9 Å². The quantitative estimate of drug-likeness (QED) is 0.269. The minimum Gasteiger partial charge on any atom is -0.269 e. The van der Waals surface area contributed by atoms with Crippen LogP contribution in [0.2, 0.25) is 0 Å². The molecule has 2 aliphatic carbocycles. The van der Waals surface area contributed by atoms with Crippen LogP contribution in [0.1, 0.15) is 48.9 Å². The van der Waals surface area contributed by atoms with Gasteiger partial charge >= 0.3 is 0 Å². The fourth-order valence-electron chi connectivity index (χ4n) is 4.57. The van der Waals surface area contributed by atoms with E-state index in [2.05, 4.69) is 27.1 Å². The summed E-state index contributed by atoms with van der Waals surface area (Å²) in [5.41, 5.74) is 5.70. The largest absolute Gasteiger partial charge is 0.296 e. The van der Waals surface area contributed by atoms with Crippen molar-refractivity contribution in [2.75, 3.05) is 6.61 Å². The van der Waals surface area contributed by atoms with Gasteiger partial charge < -0.3 is 0 Å². The Morgan fingerprint density at radius 1 is 1.09 bits per heavy atom. The Kier molecular flexibility index (Phi) is 5.74. The van der Waals surface area contributed by atoms with Gasteiger partial charge in [-0.15, -0.1) is 0 Å². The molecular weight excluding hydrogens is 528 g/mol. The minimum absolute atomic E-state index is 0.190. The average molecular weight is 553 g/mol. The van der Waals surface area contributed by atoms with E-state index in [9.17, 15) is 8.42 Å². The van der Waals surface area contributed by atoms with Crippen molar-refractivity contribution in [3.63, 3.8) is 0 Å². The Balaban J connectivity index is 1.16. The van der Waals surface area contributed by atoms with Gasteiger partial charge in [0, 0.05) is 22.2 Å². The van der Waals surface area contributed by atoms with Gasteiger partial charge in [-0.1, -0.05) is 33.6 Å². The molecule has 0 radical (unpaired) electrons. The smallest absolute Gasteiger partial charge is 0.269 e. The summed E-state index contributed by atoms with van der Waals surface area (Å²) < 4.78 is 33.3.